The Labute approximate surface area is 90.5 Å². The summed E-state index contributed by atoms with van der Waals surface area (Å²) in [5.74, 6) is -2.23. The quantitative estimate of drug-likeness (QED) is 0.811. The smallest absolute Gasteiger partial charge is 0.352 e. The predicted molar refractivity (Wildman–Crippen MR) is 55.4 cm³/mol. The molecule has 2 rings (SSSR count). The number of hydrogen-bond donors (Lipinski definition) is 2. The molecule has 0 bridgehead atoms. The maximum atomic E-state index is 10.9. The molecule has 0 atom stereocenters. The topological polar surface area (TPSA) is 79.5 Å². The van der Waals surface area contributed by atoms with E-state index >= 15 is 0 Å². The van der Waals surface area contributed by atoms with Crippen molar-refractivity contribution in [3.63, 3.8) is 0 Å². The summed E-state index contributed by atoms with van der Waals surface area (Å²) in [6.07, 6.45) is 0. The molecular formula is C11H8NO4. The number of carbonyl (C=O) groups is 2. The van der Waals surface area contributed by atoms with Crippen molar-refractivity contribution in [1.82, 2.24) is 4.57 Å². The van der Waals surface area contributed by atoms with Gasteiger partial charge in [0.1, 0.15) is 12.2 Å². The molecule has 81 valence electrons. The molecule has 0 saturated carbocycles. The molecule has 1 heterocycles. The highest BCUT2D eigenvalue weighted by Gasteiger charge is 2.15. The van der Waals surface area contributed by atoms with E-state index in [0.717, 1.165) is 0 Å². The highest BCUT2D eigenvalue weighted by molar-refractivity contribution is 5.95. The zero-order chi connectivity index (χ0) is 11.7. The Morgan fingerprint density at radius 3 is 2.75 bits per heavy atom. The van der Waals surface area contributed by atoms with E-state index in [4.69, 9.17) is 10.2 Å². The Morgan fingerprint density at radius 2 is 2.12 bits per heavy atom. The molecular weight excluding hydrogens is 210 g/mol. The average Bonchev–Trinajstić information content (AvgIpc) is 2.57. The minimum atomic E-state index is -1.15. The summed E-state index contributed by atoms with van der Waals surface area (Å²) in [6, 6.07) is 9.29. The molecule has 16 heavy (non-hydrogen) atoms. The average molecular weight is 218 g/mol. The summed E-state index contributed by atoms with van der Waals surface area (Å²) < 4.78 is 1.25. The summed E-state index contributed by atoms with van der Waals surface area (Å²) >= 11 is 0. The van der Waals surface area contributed by atoms with Crippen molar-refractivity contribution in [2.45, 2.75) is 6.54 Å². The molecule has 1 aromatic carbocycles. The van der Waals surface area contributed by atoms with Crippen molar-refractivity contribution in [2.24, 2.45) is 0 Å². The number of carboxylic acids is 2. The largest absolute Gasteiger partial charge is 0.480 e. The van der Waals surface area contributed by atoms with Crippen LogP contribution in [0, 0.1) is 6.07 Å². The Kier molecular flexibility index (Phi) is 2.36. The van der Waals surface area contributed by atoms with Crippen molar-refractivity contribution in [1.29, 1.82) is 0 Å². The fraction of sp³-hybridized carbons (Fsp3) is 0.0909. The third-order valence-electron chi connectivity index (χ3n) is 2.24. The number of benzene rings is 1. The lowest BCUT2D eigenvalue weighted by Gasteiger charge is -2.03. The van der Waals surface area contributed by atoms with E-state index in [2.05, 4.69) is 6.07 Å². The van der Waals surface area contributed by atoms with Crippen molar-refractivity contribution in [3.05, 3.63) is 36.0 Å². The number of aliphatic carboxylic acids is 1. The minimum Gasteiger partial charge on any atom is -0.480 e. The second-order valence-electron chi connectivity index (χ2n) is 3.28. The van der Waals surface area contributed by atoms with E-state index < -0.39 is 11.9 Å². The van der Waals surface area contributed by atoms with Crippen LogP contribution in [0.1, 0.15) is 10.5 Å². The van der Waals surface area contributed by atoms with Gasteiger partial charge in [0.25, 0.3) is 0 Å². The van der Waals surface area contributed by atoms with Gasteiger partial charge in [-0.25, -0.2) is 4.79 Å². The molecule has 0 aliphatic heterocycles. The summed E-state index contributed by atoms with van der Waals surface area (Å²) in [7, 11) is 0. The molecule has 0 spiro atoms. The van der Waals surface area contributed by atoms with E-state index in [1.807, 2.05) is 0 Å². The van der Waals surface area contributed by atoms with Gasteiger partial charge in [0.2, 0.25) is 0 Å². The number of fused-ring (bicyclic) bond motifs is 1. The molecule has 2 aromatic rings. The second-order valence-corrected chi connectivity index (χ2v) is 3.28. The Hall–Kier alpha value is -2.30. The third kappa shape index (κ3) is 1.63. The molecule has 1 aromatic heterocycles. The first kappa shape index (κ1) is 10.2. The Bertz CT molecular complexity index is 570. The normalized spacial score (nSPS) is 10.5. The molecule has 0 aliphatic carbocycles. The van der Waals surface area contributed by atoms with E-state index in [0.29, 0.717) is 10.9 Å². The van der Waals surface area contributed by atoms with Gasteiger partial charge in [0.15, 0.2) is 0 Å². The van der Waals surface area contributed by atoms with Gasteiger partial charge in [-0.3, -0.25) is 4.79 Å². The maximum Gasteiger partial charge on any atom is 0.352 e. The molecule has 5 heteroatoms. The summed E-state index contributed by atoms with van der Waals surface area (Å²) in [5.41, 5.74) is 0.516. The van der Waals surface area contributed by atoms with E-state index in [1.54, 1.807) is 18.2 Å². The maximum absolute atomic E-state index is 10.9. The number of aromatic nitrogens is 1. The third-order valence-corrected chi connectivity index (χ3v) is 2.24. The molecule has 0 amide bonds. The van der Waals surface area contributed by atoms with Gasteiger partial charge in [0.05, 0.1) is 0 Å². The molecule has 5 nitrogen and oxygen atoms in total. The zero-order valence-corrected chi connectivity index (χ0v) is 8.17. The van der Waals surface area contributed by atoms with Gasteiger partial charge in [0, 0.05) is 10.9 Å². The van der Waals surface area contributed by atoms with Crippen molar-refractivity contribution in [3.8, 4) is 0 Å². The van der Waals surface area contributed by atoms with Crippen molar-refractivity contribution >= 4 is 22.8 Å². The molecule has 2 N–H and O–H groups in total. The lowest BCUT2D eigenvalue weighted by molar-refractivity contribution is -0.137. The lowest BCUT2D eigenvalue weighted by atomic mass is 10.2. The molecule has 0 saturated heterocycles. The van der Waals surface area contributed by atoms with Crippen molar-refractivity contribution < 1.29 is 19.8 Å². The van der Waals surface area contributed by atoms with E-state index in [-0.39, 0.29) is 12.2 Å². The van der Waals surface area contributed by atoms with Crippen LogP contribution in [-0.2, 0) is 11.3 Å². The number of carboxylic acid groups (broad SMARTS) is 2. The van der Waals surface area contributed by atoms with Gasteiger partial charge >= 0.3 is 11.9 Å². The number of aromatic carboxylic acids is 1. The summed E-state index contributed by atoms with van der Waals surface area (Å²) in [5, 5.41) is 18.3. The van der Waals surface area contributed by atoms with Crippen LogP contribution >= 0.6 is 0 Å². The van der Waals surface area contributed by atoms with Crippen LogP contribution in [0.5, 0.6) is 0 Å². The zero-order valence-electron chi connectivity index (χ0n) is 8.17. The molecule has 0 fully saturated rings. The first-order valence-electron chi connectivity index (χ1n) is 4.54. The summed E-state index contributed by atoms with van der Waals surface area (Å²) in [6.45, 7) is -0.372. The van der Waals surface area contributed by atoms with Crippen LogP contribution < -0.4 is 0 Å². The van der Waals surface area contributed by atoms with Crippen LogP contribution in [0.2, 0.25) is 0 Å². The fourth-order valence-corrected chi connectivity index (χ4v) is 1.62. The fourth-order valence-electron chi connectivity index (χ4n) is 1.62. The van der Waals surface area contributed by atoms with Crippen LogP contribution in [0.25, 0.3) is 10.9 Å². The first-order valence-corrected chi connectivity index (χ1v) is 4.54. The monoisotopic (exact) mass is 218 g/mol. The van der Waals surface area contributed by atoms with Gasteiger partial charge in [-0.2, -0.15) is 0 Å². The Balaban J connectivity index is 2.69. The lowest BCUT2D eigenvalue weighted by Crippen LogP contribution is -2.14. The Morgan fingerprint density at radius 1 is 1.38 bits per heavy atom. The van der Waals surface area contributed by atoms with Crippen molar-refractivity contribution in [2.75, 3.05) is 0 Å². The predicted octanol–water partition coefficient (Wildman–Crippen LogP) is 1.22. The molecule has 0 aliphatic rings. The summed E-state index contributed by atoms with van der Waals surface area (Å²) in [4.78, 5) is 21.6. The number of nitrogens with zero attached hydrogens (tertiary/aromatic N) is 1. The highest BCUT2D eigenvalue weighted by Crippen LogP contribution is 2.19. The first-order chi connectivity index (χ1) is 7.59. The second kappa shape index (κ2) is 3.69. The minimum absolute atomic E-state index is 0.0418. The van der Waals surface area contributed by atoms with Crippen LogP contribution in [0.15, 0.2) is 24.3 Å². The van der Waals surface area contributed by atoms with Crippen LogP contribution in [0.4, 0.5) is 0 Å². The molecule has 0 unspecified atom stereocenters. The van der Waals surface area contributed by atoms with Crippen LogP contribution in [0.3, 0.4) is 0 Å². The standard InChI is InChI=1S/C11H8NO4/c13-10(14)6-12-8-4-2-1-3-7(8)5-9(12)11(15)16/h1-2,4-5H,6H2,(H,13,14)(H,15,16). The van der Waals surface area contributed by atoms with Crippen LogP contribution in [-0.4, -0.2) is 26.7 Å². The van der Waals surface area contributed by atoms with Gasteiger partial charge in [-0.1, -0.05) is 12.1 Å². The van der Waals surface area contributed by atoms with Gasteiger partial charge in [-0.05, 0) is 18.2 Å². The highest BCUT2D eigenvalue weighted by atomic mass is 16.4. The number of rotatable bonds is 3. The van der Waals surface area contributed by atoms with Gasteiger partial charge in [-0.15, -0.1) is 0 Å². The van der Waals surface area contributed by atoms with E-state index in [9.17, 15) is 9.59 Å². The number of hydrogen-bond acceptors (Lipinski definition) is 2. The van der Waals surface area contributed by atoms with E-state index in [1.165, 1.54) is 10.6 Å². The SMILES string of the molecule is O=C(O)Cn1c(C(=O)O)cc2[c]cccc21. The molecule has 1 radical (unpaired) electrons. The van der Waals surface area contributed by atoms with Gasteiger partial charge < -0.3 is 14.8 Å².